The highest BCUT2D eigenvalue weighted by Gasteiger charge is 2.23. The van der Waals surface area contributed by atoms with Gasteiger partial charge in [-0.2, -0.15) is 0 Å². The Morgan fingerprint density at radius 2 is 0.412 bits per heavy atom. The Morgan fingerprint density at radius 1 is 0.191 bits per heavy atom. The lowest BCUT2D eigenvalue weighted by Gasteiger charge is -2.31. The lowest BCUT2D eigenvalue weighted by molar-refractivity contribution is 0.810. The lowest BCUT2D eigenvalue weighted by Crippen LogP contribution is -2.18. The van der Waals surface area contributed by atoms with Crippen LogP contribution in [-0.4, -0.2) is 0 Å². The Balaban J connectivity index is 0.750. The third-order valence-corrected chi connectivity index (χ3v) is 14.4. The lowest BCUT2D eigenvalue weighted by atomic mass is 9.81. The van der Waals surface area contributed by atoms with Crippen LogP contribution in [0.4, 0.5) is 22.7 Å². The van der Waals surface area contributed by atoms with E-state index in [9.17, 15) is 0 Å². The second-order valence-corrected chi connectivity index (χ2v) is 18.5. The second kappa shape index (κ2) is 20.0. The molecule has 2 heteroatoms. The molecule has 6 aromatic rings. The highest BCUT2D eigenvalue weighted by molar-refractivity contribution is 5.75. The molecule has 0 amide bonds. The van der Waals surface area contributed by atoms with E-state index in [1.807, 2.05) is 0 Å². The number of rotatable bonds is 12. The minimum Gasteiger partial charge on any atom is -0.314 e. The molecule has 0 saturated carbocycles. The molecule has 0 saturated heterocycles. The summed E-state index contributed by atoms with van der Waals surface area (Å²) < 4.78 is 0. The third kappa shape index (κ3) is 9.46. The summed E-state index contributed by atoms with van der Waals surface area (Å²) in [6.45, 7) is 0. The SMILES string of the molecule is C1=C(C2=CC=C(C3=CC=C(N(c4ccccc4)c4ccc(-c5ccccc5)cc4)CC3)CC2)CCC(C2=CC=C(C3=CC=C(N(c4ccccc4)c4ccc(-c5ccccc5)cc4)CC3)CC2)=C1. The number of hydrogen-bond donors (Lipinski definition) is 0. The quantitative estimate of drug-likeness (QED) is 0.121. The fourth-order valence-corrected chi connectivity index (χ4v) is 10.7. The first-order chi connectivity index (χ1) is 33.7. The normalized spacial score (nSPS) is 17.1. The van der Waals surface area contributed by atoms with Gasteiger partial charge in [-0.25, -0.2) is 0 Å². The maximum atomic E-state index is 2.43. The van der Waals surface area contributed by atoms with Gasteiger partial charge in [-0.1, -0.05) is 170 Å². The van der Waals surface area contributed by atoms with Crippen molar-refractivity contribution in [3.8, 4) is 22.3 Å². The Kier molecular flexibility index (Phi) is 12.7. The van der Waals surface area contributed by atoms with Crippen LogP contribution in [0.3, 0.4) is 0 Å². The van der Waals surface area contributed by atoms with Gasteiger partial charge in [0.2, 0.25) is 0 Å². The molecule has 332 valence electrons. The van der Waals surface area contributed by atoms with Gasteiger partial charge in [0.25, 0.3) is 0 Å². The van der Waals surface area contributed by atoms with Crippen molar-refractivity contribution in [2.24, 2.45) is 0 Å². The first kappa shape index (κ1) is 42.9. The van der Waals surface area contributed by atoms with Crippen LogP contribution in [0.2, 0.25) is 0 Å². The molecule has 0 atom stereocenters. The van der Waals surface area contributed by atoms with Gasteiger partial charge >= 0.3 is 0 Å². The molecule has 0 N–H and O–H groups in total. The predicted molar refractivity (Wildman–Crippen MR) is 288 cm³/mol. The van der Waals surface area contributed by atoms with E-state index in [1.165, 1.54) is 101 Å². The Morgan fingerprint density at radius 3 is 0.662 bits per heavy atom. The summed E-state index contributed by atoms with van der Waals surface area (Å²) in [5.41, 5.74) is 24.4. The van der Waals surface area contributed by atoms with Gasteiger partial charge in [0.05, 0.1) is 0 Å². The van der Waals surface area contributed by atoms with Gasteiger partial charge in [-0.05, 0) is 192 Å². The van der Waals surface area contributed by atoms with Crippen molar-refractivity contribution in [3.63, 3.8) is 0 Å². The number of anilines is 4. The number of para-hydroxylation sites is 2. The van der Waals surface area contributed by atoms with E-state index in [-0.39, 0.29) is 0 Å². The fraction of sp³-hybridized carbons (Fsp3) is 0.152. The van der Waals surface area contributed by atoms with Crippen molar-refractivity contribution >= 4 is 22.7 Å². The van der Waals surface area contributed by atoms with Crippen LogP contribution in [0.1, 0.15) is 64.2 Å². The zero-order chi connectivity index (χ0) is 45.5. The number of benzene rings is 6. The second-order valence-electron chi connectivity index (χ2n) is 18.5. The molecule has 0 bridgehead atoms. The van der Waals surface area contributed by atoms with Crippen molar-refractivity contribution in [2.75, 3.05) is 9.80 Å². The van der Waals surface area contributed by atoms with Crippen molar-refractivity contribution < 1.29 is 0 Å². The molecule has 6 aromatic carbocycles. The monoisotopic (exact) mass is 878 g/mol. The van der Waals surface area contributed by atoms with Gasteiger partial charge in [-0.3, -0.25) is 0 Å². The average molecular weight is 879 g/mol. The summed E-state index contributed by atoms with van der Waals surface area (Å²) in [7, 11) is 0. The first-order valence-corrected chi connectivity index (χ1v) is 24.7. The van der Waals surface area contributed by atoms with Crippen LogP contribution in [0, 0.1) is 0 Å². The van der Waals surface area contributed by atoms with Crippen LogP contribution in [-0.2, 0) is 0 Å². The van der Waals surface area contributed by atoms with Gasteiger partial charge in [-0.15, -0.1) is 0 Å². The number of hydrogen-bond acceptors (Lipinski definition) is 2. The summed E-state index contributed by atoms with van der Waals surface area (Å²) in [4.78, 5) is 4.86. The van der Waals surface area contributed by atoms with E-state index < -0.39 is 0 Å². The smallest absolute Gasteiger partial charge is 0.0458 e. The van der Waals surface area contributed by atoms with Crippen LogP contribution in [0.15, 0.2) is 287 Å². The fourth-order valence-electron chi connectivity index (χ4n) is 10.7. The Labute approximate surface area is 403 Å². The van der Waals surface area contributed by atoms with E-state index in [0.29, 0.717) is 0 Å². The molecule has 2 nitrogen and oxygen atoms in total. The molecule has 0 spiro atoms. The zero-order valence-corrected chi connectivity index (χ0v) is 38.9. The minimum absolute atomic E-state index is 1.01. The van der Waals surface area contributed by atoms with E-state index in [4.69, 9.17) is 0 Å². The topological polar surface area (TPSA) is 6.48 Å². The van der Waals surface area contributed by atoms with Gasteiger partial charge in [0, 0.05) is 34.1 Å². The van der Waals surface area contributed by atoms with E-state index in [0.717, 1.165) is 64.2 Å². The average Bonchev–Trinajstić information content (AvgIpc) is 3.43. The highest BCUT2D eigenvalue weighted by atomic mass is 15.2. The van der Waals surface area contributed by atoms with E-state index in [1.54, 1.807) is 0 Å². The summed E-state index contributed by atoms with van der Waals surface area (Å²) in [5.74, 6) is 0. The molecule has 5 aliphatic carbocycles. The molecule has 68 heavy (non-hydrogen) atoms. The van der Waals surface area contributed by atoms with Crippen molar-refractivity contribution in [1.82, 2.24) is 0 Å². The van der Waals surface area contributed by atoms with E-state index in [2.05, 4.69) is 240 Å². The minimum atomic E-state index is 1.01. The molecule has 11 rings (SSSR count). The summed E-state index contributed by atoms with van der Waals surface area (Å²) in [6.07, 6.45) is 34.8. The summed E-state index contributed by atoms with van der Waals surface area (Å²) in [6, 6.07) is 60.9. The van der Waals surface area contributed by atoms with Crippen LogP contribution in [0.25, 0.3) is 22.3 Å². The predicted octanol–water partition coefficient (Wildman–Crippen LogP) is 18.1. The highest BCUT2D eigenvalue weighted by Crippen LogP contribution is 2.42. The van der Waals surface area contributed by atoms with Crippen LogP contribution in [0.5, 0.6) is 0 Å². The van der Waals surface area contributed by atoms with E-state index >= 15 is 0 Å². The summed E-state index contributed by atoms with van der Waals surface area (Å²) in [5, 5.41) is 0. The number of allylic oxidation sites excluding steroid dienone is 20. The largest absolute Gasteiger partial charge is 0.314 e. The molecular weight excluding hydrogens is 821 g/mol. The van der Waals surface area contributed by atoms with Crippen LogP contribution < -0.4 is 9.80 Å². The molecule has 5 aliphatic rings. The molecule has 0 fully saturated rings. The summed E-state index contributed by atoms with van der Waals surface area (Å²) >= 11 is 0. The van der Waals surface area contributed by atoms with Crippen LogP contribution >= 0.6 is 0 Å². The maximum absolute atomic E-state index is 2.43. The Hall–Kier alpha value is -7.68. The zero-order valence-electron chi connectivity index (χ0n) is 38.9. The van der Waals surface area contributed by atoms with Gasteiger partial charge in [0.15, 0.2) is 0 Å². The van der Waals surface area contributed by atoms with Crippen molar-refractivity contribution in [1.29, 1.82) is 0 Å². The molecule has 0 unspecified atom stereocenters. The molecule has 0 radical (unpaired) electrons. The first-order valence-electron chi connectivity index (χ1n) is 24.7. The number of nitrogens with zero attached hydrogens (tertiary/aromatic N) is 2. The third-order valence-electron chi connectivity index (χ3n) is 14.4. The molecule has 0 heterocycles. The molecular formula is C66H58N2. The molecule has 0 aromatic heterocycles. The molecule has 0 aliphatic heterocycles. The van der Waals surface area contributed by atoms with Gasteiger partial charge in [0.1, 0.15) is 0 Å². The van der Waals surface area contributed by atoms with Gasteiger partial charge < -0.3 is 9.80 Å². The van der Waals surface area contributed by atoms with Crippen molar-refractivity contribution in [2.45, 2.75) is 64.2 Å². The Bertz CT molecular complexity index is 2880. The maximum Gasteiger partial charge on any atom is 0.0458 e. The van der Waals surface area contributed by atoms with Crippen molar-refractivity contribution in [3.05, 3.63) is 287 Å². The standard InChI is InChI=1S/C66H58N2/c1-5-13-49(14-6-1)57-33-41-63(42-34-57)67(61-17-9-3-10-18-61)65-45-37-59(38-46-65)55-29-25-53(26-30-55)51-21-23-52(24-22-51)54-27-31-56(32-28-54)60-39-47-66(48-40-60)68(62-19-11-4-12-20-62)64-43-35-58(36-44-64)50-15-7-2-8-16-50/h1-21,23,25,27,29,31,33-37,39,41-45,47H,22,24,26,28,30,32,38,40,46,48H2.